The van der Waals surface area contributed by atoms with Crippen molar-refractivity contribution in [3.63, 3.8) is 0 Å². The summed E-state index contributed by atoms with van der Waals surface area (Å²) >= 11 is 0. The molecule has 0 N–H and O–H groups in total. The third-order valence-electron chi connectivity index (χ3n) is 6.76. The van der Waals surface area contributed by atoms with Crippen LogP contribution in [0.4, 0.5) is 0 Å². The van der Waals surface area contributed by atoms with E-state index < -0.39 is 0 Å². The number of nitrogens with zero attached hydrogens (tertiary/aromatic N) is 6. The smallest absolute Gasteiger partial charge is 0.244 e. The van der Waals surface area contributed by atoms with Crippen LogP contribution < -0.4 is 64.6 Å². The molecule has 0 fully saturated rings. The number of halogens is 3. The van der Waals surface area contributed by atoms with Gasteiger partial charge in [0.05, 0.1) is 19.6 Å². The van der Waals surface area contributed by atoms with Crippen LogP contribution in [-0.4, -0.2) is 13.7 Å². The first-order valence-corrected chi connectivity index (χ1v) is 13.9. The standard InChI is InChI=1S/C30H45N6.3BrH/c1-4-7-10-31-13-16-34(25-31)22-28-19-29(23-35-17-14-32(26-35)11-8-5-2)21-30(20-28)24-36-18-15-33(27-36)12-9-6-3;;;/h13-21,25-27H,4-12,22-24H2,1-3H3;3*1H/q+3;;;/p-3. The van der Waals surface area contributed by atoms with Crippen molar-refractivity contribution in [2.75, 3.05) is 0 Å². The van der Waals surface area contributed by atoms with E-state index in [1.54, 1.807) is 0 Å². The molecule has 0 spiro atoms. The fraction of sp³-hybridized carbons (Fsp3) is 0.500. The highest BCUT2D eigenvalue weighted by Crippen LogP contribution is 2.12. The van der Waals surface area contributed by atoms with E-state index in [4.69, 9.17) is 0 Å². The molecule has 9 heteroatoms. The maximum absolute atomic E-state index is 2.38. The predicted molar refractivity (Wildman–Crippen MR) is 142 cm³/mol. The lowest BCUT2D eigenvalue weighted by Crippen LogP contribution is -3.00. The van der Waals surface area contributed by atoms with Gasteiger partial charge in [-0.1, -0.05) is 40.0 Å². The third kappa shape index (κ3) is 11.4. The van der Waals surface area contributed by atoms with Gasteiger partial charge >= 0.3 is 0 Å². The first-order chi connectivity index (χ1) is 17.6. The van der Waals surface area contributed by atoms with Crippen LogP contribution in [0.1, 0.15) is 76.0 Å². The second-order valence-corrected chi connectivity index (χ2v) is 10.2. The zero-order valence-corrected chi connectivity index (χ0v) is 28.5. The Labute approximate surface area is 266 Å². The molecule has 3 aromatic heterocycles. The third-order valence-corrected chi connectivity index (χ3v) is 6.76. The van der Waals surface area contributed by atoms with E-state index in [0.29, 0.717) is 0 Å². The van der Waals surface area contributed by atoms with Gasteiger partial charge in [0.15, 0.2) is 0 Å². The molecule has 0 atom stereocenters. The molecule has 0 bridgehead atoms. The Bertz CT molecular complexity index is 1050. The Balaban J connectivity index is 0.00000253. The lowest BCUT2D eigenvalue weighted by atomic mass is 10.0. The maximum atomic E-state index is 2.38. The predicted octanol–water partition coefficient (Wildman–Crippen LogP) is -4.49. The lowest BCUT2D eigenvalue weighted by Gasteiger charge is -2.07. The molecule has 1 aromatic carbocycles. The molecule has 4 rings (SSSR count). The number of rotatable bonds is 15. The first kappa shape index (κ1) is 35.3. The van der Waals surface area contributed by atoms with Crippen LogP contribution in [0, 0.1) is 0 Å². The van der Waals surface area contributed by atoms with Crippen molar-refractivity contribution in [2.24, 2.45) is 0 Å². The summed E-state index contributed by atoms with van der Waals surface area (Å²) in [7, 11) is 0. The van der Waals surface area contributed by atoms with Gasteiger partial charge in [0.2, 0.25) is 19.0 Å². The first-order valence-electron chi connectivity index (χ1n) is 13.9. The van der Waals surface area contributed by atoms with Crippen LogP contribution in [-0.2, 0) is 39.3 Å². The van der Waals surface area contributed by atoms with E-state index in [2.05, 4.69) is 123 Å². The Morgan fingerprint density at radius 3 is 1.03 bits per heavy atom. The number of hydrogen-bond donors (Lipinski definition) is 0. The molecule has 4 aromatic rings. The Kier molecular flexibility index (Phi) is 16.8. The number of hydrogen-bond acceptors (Lipinski definition) is 0. The molecule has 0 radical (unpaired) electrons. The zero-order valence-electron chi connectivity index (χ0n) is 23.7. The van der Waals surface area contributed by atoms with Crippen molar-refractivity contribution in [3.8, 4) is 0 Å². The molecule has 0 aliphatic rings. The maximum Gasteiger partial charge on any atom is 0.244 e. The molecule has 0 amide bonds. The highest BCUT2D eigenvalue weighted by molar-refractivity contribution is 5.29. The summed E-state index contributed by atoms with van der Waals surface area (Å²) in [5.74, 6) is 0. The Morgan fingerprint density at radius 2 is 0.769 bits per heavy atom. The van der Waals surface area contributed by atoms with E-state index in [0.717, 1.165) is 39.3 Å². The number of imidazole rings is 3. The fourth-order valence-electron chi connectivity index (χ4n) is 4.76. The van der Waals surface area contributed by atoms with Crippen LogP contribution in [0.15, 0.2) is 74.4 Å². The SMILES string of the molecule is CCCCn1cc[n+](Cc2cc(C[n+]3ccn(CCCC)c3)cc(C[n+]3ccn(CCCC)c3)c2)c1.[Br-].[Br-].[Br-]. The van der Waals surface area contributed by atoms with Crippen molar-refractivity contribution >= 4 is 0 Å². The van der Waals surface area contributed by atoms with Crippen molar-refractivity contribution < 1.29 is 64.6 Å². The van der Waals surface area contributed by atoms with Gasteiger partial charge in [0.1, 0.15) is 56.8 Å². The second kappa shape index (κ2) is 18.6. The molecule has 3 heterocycles. The molecule has 0 saturated heterocycles. The summed E-state index contributed by atoms with van der Waals surface area (Å²) in [6.45, 7) is 12.7. The van der Waals surface area contributed by atoms with Crippen molar-refractivity contribution in [1.29, 1.82) is 0 Å². The normalized spacial score (nSPS) is 10.5. The van der Waals surface area contributed by atoms with Crippen molar-refractivity contribution in [1.82, 2.24) is 13.7 Å². The fourth-order valence-corrected chi connectivity index (χ4v) is 4.76. The summed E-state index contributed by atoms with van der Waals surface area (Å²) in [6.07, 6.45) is 27.3. The van der Waals surface area contributed by atoms with E-state index in [1.165, 1.54) is 55.2 Å². The summed E-state index contributed by atoms with van der Waals surface area (Å²) in [5.41, 5.74) is 4.08. The molecule has 0 unspecified atom stereocenters. The summed E-state index contributed by atoms with van der Waals surface area (Å²) in [6, 6.07) is 7.15. The summed E-state index contributed by atoms with van der Waals surface area (Å²) in [4.78, 5) is 0. The monoisotopic (exact) mass is 726 g/mol. The minimum absolute atomic E-state index is 0. The molecule has 0 aliphatic heterocycles. The van der Waals surface area contributed by atoms with E-state index in [9.17, 15) is 0 Å². The van der Waals surface area contributed by atoms with Crippen LogP contribution in [0.5, 0.6) is 0 Å². The topological polar surface area (TPSA) is 26.4 Å². The Hall–Kier alpha value is -1.71. The van der Waals surface area contributed by atoms with Gasteiger partial charge in [-0.3, -0.25) is 0 Å². The van der Waals surface area contributed by atoms with E-state index >= 15 is 0 Å². The number of aromatic nitrogens is 6. The molecular formula is C30H45Br3N6. The molecular weight excluding hydrogens is 684 g/mol. The van der Waals surface area contributed by atoms with Crippen molar-refractivity contribution in [3.05, 3.63) is 91.1 Å². The molecule has 216 valence electrons. The number of unbranched alkanes of at least 4 members (excludes halogenated alkanes) is 3. The summed E-state index contributed by atoms with van der Waals surface area (Å²) < 4.78 is 13.8. The largest absolute Gasteiger partial charge is 1.00 e. The van der Waals surface area contributed by atoms with Gasteiger partial charge in [-0.2, -0.15) is 0 Å². The second-order valence-electron chi connectivity index (χ2n) is 10.2. The van der Waals surface area contributed by atoms with E-state index in [-0.39, 0.29) is 50.9 Å². The van der Waals surface area contributed by atoms with E-state index in [1.807, 2.05) is 0 Å². The molecule has 0 aliphatic carbocycles. The average molecular weight is 729 g/mol. The van der Waals surface area contributed by atoms with Crippen LogP contribution in [0.2, 0.25) is 0 Å². The number of aryl methyl sites for hydroxylation is 3. The zero-order chi connectivity index (χ0) is 25.2. The van der Waals surface area contributed by atoms with Crippen LogP contribution in [0.3, 0.4) is 0 Å². The van der Waals surface area contributed by atoms with Crippen molar-refractivity contribution in [2.45, 2.75) is 98.6 Å². The van der Waals surface area contributed by atoms with Gasteiger partial charge < -0.3 is 50.9 Å². The molecule has 0 saturated carbocycles. The van der Waals surface area contributed by atoms with Gasteiger partial charge in [-0.05, 0) is 54.2 Å². The molecule has 6 nitrogen and oxygen atoms in total. The number of benzene rings is 1. The average Bonchev–Trinajstić information content (AvgIpc) is 3.62. The van der Waals surface area contributed by atoms with Crippen LogP contribution >= 0.6 is 0 Å². The Morgan fingerprint density at radius 1 is 0.487 bits per heavy atom. The summed E-state index contributed by atoms with van der Waals surface area (Å²) in [5, 5.41) is 0. The van der Waals surface area contributed by atoms with Gasteiger partial charge in [-0.25, -0.2) is 27.4 Å². The lowest BCUT2D eigenvalue weighted by molar-refractivity contribution is -0.689. The minimum atomic E-state index is 0. The minimum Gasteiger partial charge on any atom is -1.00 e. The van der Waals surface area contributed by atoms with Gasteiger partial charge in [-0.15, -0.1) is 0 Å². The van der Waals surface area contributed by atoms with Crippen LogP contribution in [0.25, 0.3) is 0 Å². The molecule has 39 heavy (non-hydrogen) atoms. The highest BCUT2D eigenvalue weighted by Gasteiger charge is 2.12. The highest BCUT2D eigenvalue weighted by atomic mass is 79.9. The van der Waals surface area contributed by atoms with Gasteiger partial charge in [0.25, 0.3) is 0 Å². The quantitative estimate of drug-likeness (QED) is 0.111. The van der Waals surface area contributed by atoms with Gasteiger partial charge in [0, 0.05) is 0 Å².